The number of ether oxygens (including phenoxy) is 3. The van der Waals surface area contributed by atoms with Gasteiger partial charge in [0.2, 0.25) is 0 Å². The highest BCUT2D eigenvalue weighted by Crippen LogP contribution is 2.33. The molecule has 1 saturated heterocycles. The van der Waals surface area contributed by atoms with Crippen molar-refractivity contribution in [1.29, 1.82) is 0 Å². The second-order valence-electron chi connectivity index (χ2n) is 9.29. The maximum atomic E-state index is 13.5. The Bertz CT molecular complexity index is 1180. The zero-order chi connectivity index (χ0) is 26.5. The third kappa shape index (κ3) is 6.23. The number of rotatable bonds is 7. The highest BCUT2D eigenvalue weighted by Gasteiger charge is 2.48. The van der Waals surface area contributed by atoms with E-state index in [-0.39, 0.29) is 18.1 Å². The van der Waals surface area contributed by atoms with E-state index >= 15 is 0 Å². The maximum Gasteiger partial charge on any atom is 0.411 e. The fraction of sp³-hybridized carbons (Fsp3) is 0.423. The lowest BCUT2D eigenvalue weighted by Crippen LogP contribution is -2.56. The first-order valence-corrected chi connectivity index (χ1v) is 13.2. The molecule has 0 aromatic heterocycles. The summed E-state index contributed by atoms with van der Waals surface area (Å²) in [6.07, 6.45) is -1.38. The molecule has 194 valence electrons. The van der Waals surface area contributed by atoms with Gasteiger partial charge in [0.25, 0.3) is 0 Å². The first-order chi connectivity index (χ1) is 17.0. The number of morpholine rings is 1. The topological polar surface area (TPSA) is 116 Å². The van der Waals surface area contributed by atoms with Crippen LogP contribution in [0, 0.1) is 0 Å². The second-order valence-corrected chi connectivity index (χ2v) is 11.4. The summed E-state index contributed by atoms with van der Waals surface area (Å²) < 4.78 is 43.0. The Hall–Kier alpha value is -3.40. The van der Waals surface area contributed by atoms with Gasteiger partial charge < -0.3 is 14.2 Å². The van der Waals surface area contributed by atoms with Gasteiger partial charge in [-0.25, -0.2) is 18.0 Å². The molecular formula is C26H31NO8S. The Morgan fingerprint density at radius 2 is 1.64 bits per heavy atom. The van der Waals surface area contributed by atoms with E-state index in [1.54, 1.807) is 64.1 Å². The minimum atomic E-state index is -4.27. The van der Waals surface area contributed by atoms with Crippen molar-refractivity contribution >= 4 is 27.9 Å². The van der Waals surface area contributed by atoms with E-state index in [4.69, 9.17) is 14.2 Å². The zero-order valence-electron chi connectivity index (χ0n) is 20.7. The SMILES string of the molecule is CCOC(=O)[13CH](C[C@H]1C(=O)OC[C@H](c2ccccc2)N1C(=O)OC(C)(C)C)S(=O)(=O)c1ccccc1. The van der Waals surface area contributed by atoms with Crippen molar-refractivity contribution in [2.75, 3.05) is 13.2 Å². The predicted octanol–water partition coefficient (Wildman–Crippen LogP) is 3.69. The number of amides is 1. The van der Waals surface area contributed by atoms with Gasteiger partial charge >= 0.3 is 18.0 Å². The fourth-order valence-corrected chi connectivity index (χ4v) is 5.56. The average molecular weight is 519 g/mol. The van der Waals surface area contributed by atoms with Crippen LogP contribution in [0.5, 0.6) is 0 Å². The maximum absolute atomic E-state index is 13.5. The van der Waals surface area contributed by atoms with Gasteiger partial charge in [-0.2, -0.15) is 0 Å². The molecule has 1 heterocycles. The number of nitrogens with zero attached hydrogens (tertiary/aromatic N) is 1. The number of hydrogen-bond acceptors (Lipinski definition) is 8. The number of esters is 2. The lowest BCUT2D eigenvalue weighted by Gasteiger charge is -2.41. The summed E-state index contributed by atoms with van der Waals surface area (Å²) in [5.41, 5.74) is -0.222. The van der Waals surface area contributed by atoms with Crippen LogP contribution >= 0.6 is 0 Å². The van der Waals surface area contributed by atoms with E-state index in [1.807, 2.05) is 0 Å². The van der Waals surface area contributed by atoms with Crippen LogP contribution in [0.3, 0.4) is 0 Å². The Morgan fingerprint density at radius 3 is 2.19 bits per heavy atom. The Balaban J connectivity index is 2.07. The van der Waals surface area contributed by atoms with Crippen LogP contribution in [-0.4, -0.2) is 61.5 Å². The molecule has 0 N–H and O–H groups in total. The summed E-state index contributed by atoms with van der Waals surface area (Å²) in [4.78, 5) is 40.4. The molecule has 0 saturated carbocycles. The van der Waals surface area contributed by atoms with Crippen molar-refractivity contribution < 1.29 is 37.0 Å². The van der Waals surface area contributed by atoms with E-state index in [1.165, 1.54) is 29.2 Å². The number of carbonyl (C=O) groups excluding carboxylic acids is 3. The van der Waals surface area contributed by atoms with E-state index in [2.05, 4.69) is 0 Å². The number of hydrogen-bond donors (Lipinski definition) is 0. The molecule has 0 spiro atoms. The van der Waals surface area contributed by atoms with Crippen molar-refractivity contribution in [3.8, 4) is 0 Å². The molecule has 9 nitrogen and oxygen atoms in total. The van der Waals surface area contributed by atoms with Gasteiger partial charge in [-0.3, -0.25) is 9.69 Å². The molecule has 1 unspecified atom stereocenters. The van der Waals surface area contributed by atoms with Crippen LogP contribution in [-0.2, 0) is 33.6 Å². The summed E-state index contributed by atoms with van der Waals surface area (Å²) in [6.45, 7) is 6.39. The Kier molecular flexibility index (Phi) is 8.39. The van der Waals surface area contributed by atoms with Crippen molar-refractivity contribution in [2.24, 2.45) is 0 Å². The normalized spacial score (nSPS) is 19.2. The van der Waals surface area contributed by atoms with Gasteiger partial charge in [-0.15, -0.1) is 0 Å². The van der Waals surface area contributed by atoms with Crippen LogP contribution in [0.1, 0.15) is 45.7 Å². The van der Waals surface area contributed by atoms with Gasteiger partial charge in [-0.05, 0) is 45.4 Å². The van der Waals surface area contributed by atoms with Crippen LogP contribution in [0.2, 0.25) is 0 Å². The molecule has 1 amide bonds. The van der Waals surface area contributed by atoms with E-state index in [0.29, 0.717) is 5.56 Å². The molecule has 1 aliphatic rings. The third-order valence-electron chi connectivity index (χ3n) is 5.55. The third-order valence-corrected chi connectivity index (χ3v) is 7.61. The van der Waals surface area contributed by atoms with Gasteiger partial charge in [0.05, 0.1) is 17.5 Å². The molecule has 0 aliphatic carbocycles. The highest BCUT2D eigenvalue weighted by molar-refractivity contribution is 7.92. The highest BCUT2D eigenvalue weighted by atomic mass is 32.2. The number of sulfone groups is 1. The molecule has 3 rings (SSSR count). The molecule has 36 heavy (non-hydrogen) atoms. The summed E-state index contributed by atoms with van der Waals surface area (Å²) in [5, 5.41) is -1.75. The molecule has 1 fully saturated rings. The Labute approximate surface area is 211 Å². The second kappa shape index (κ2) is 11.1. The first kappa shape index (κ1) is 27.2. The van der Waals surface area contributed by atoms with Crippen LogP contribution in [0.15, 0.2) is 65.6 Å². The Morgan fingerprint density at radius 1 is 1.06 bits per heavy atom. The number of cyclic esters (lactones) is 1. The minimum absolute atomic E-state index is 0.0584. The summed E-state index contributed by atoms with van der Waals surface area (Å²) in [5.74, 6) is -1.84. The number of benzene rings is 2. The van der Waals surface area contributed by atoms with Crippen LogP contribution in [0.4, 0.5) is 4.79 Å². The van der Waals surface area contributed by atoms with Gasteiger partial charge in [0, 0.05) is 6.42 Å². The van der Waals surface area contributed by atoms with Crippen molar-refractivity contribution in [2.45, 2.75) is 61.9 Å². The molecule has 2 aromatic carbocycles. The molecule has 0 radical (unpaired) electrons. The zero-order valence-corrected chi connectivity index (χ0v) is 21.6. The standard InChI is InChI=1S/C26H31NO8S/c1-5-33-24(29)22(36(31,32)19-14-10-7-11-15-19)16-20-23(28)34-17-21(18-12-8-6-9-13-18)27(20)25(30)35-26(2,3)4/h6-15,20-22H,5,16-17H2,1-4H3/t20-,21+,22?/m0/s1/i22+1. The summed E-state index contributed by atoms with van der Waals surface area (Å²) >= 11 is 0. The van der Waals surface area contributed by atoms with E-state index in [0.717, 1.165) is 0 Å². The fourth-order valence-electron chi connectivity index (χ4n) is 3.94. The van der Waals surface area contributed by atoms with Crippen molar-refractivity contribution in [3.05, 3.63) is 66.2 Å². The van der Waals surface area contributed by atoms with E-state index < -0.39 is 57.2 Å². The lowest BCUT2D eigenvalue weighted by atomic mass is 10.0. The monoisotopic (exact) mass is 518 g/mol. The molecule has 10 heteroatoms. The lowest BCUT2D eigenvalue weighted by molar-refractivity contribution is -0.162. The minimum Gasteiger partial charge on any atom is -0.465 e. The largest absolute Gasteiger partial charge is 0.465 e. The predicted molar refractivity (Wildman–Crippen MR) is 131 cm³/mol. The van der Waals surface area contributed by atoms with Crippen LogP contribution < -0.4 is 0 Å². The van der Waals surface area contributed by atoms with Crippen molar-refractivity contribution in [1.82, 2.24) is 4.90 Å². The quantitative estimate of drug-likeness (QED) is 0.310. The average Bonchev–Trinajstić information content (AvgIpc) is 2.83. The summed E-state index contributed by atoms with van der Waals surface area (Å²) in [6, 6.07) is 14.2. The van der Waals surface area contributed by atoms with E-state index in [9.17, 15) is 22.8 Å². The van der Waals surface area contributed by atoms with Gasteiger partial charge in [-0.1, -0.05) is 48.5 Å². The number of carbonyl (C=O) groups is 3. The molecule has 2 aromatic rings. The molecule has 0 bridgehead atoms. The molecule has 3 atom stereocenters. The van der Waals surface area contributed by atoms with Crippen molar-refractivity contribution in [3.63, 3.8) is 0 Å². The molecular weight excluding hydrogens is 487 g/mol. The van der Waals surface area contributed by atoms with Gasteiger partial charge in [0.1, 0.15) is 18.2 Å². The van der Waals surface area contributed by atoms with Crippen LogP contribution in [0.25, 0.3) is 0 Å². The smallest absolute Gasteiger partial charge is 0.411 e. The summed E-state index contributed by atoms with van der Waals surface area (Å²) in [7, 11) is -4.27. The van der Waals surface area contributed by atoms with Gasteiger partial charge in [0.15, 0.2) is 15.1 Å². The first-order valence-electron chi connectivity index (χ1n) is 11.6. The molecule has 1 aliphatic heterocycles.